The Hall–Kier alpha value is -3.20. The minimum atomic E-state index is -4.10. The van der Waals surface area contributed by atoms with Crippen LogP contribution in [0.5, 0.6) is 5.75 Å². The normalized spacial score (nSPS) is 17.3. The Balaban J connectivity index is 1.75. The third kappa shape index (κ3) is 3.06. The van der Waals surface area contributed by atoms with Gasteiger partial charge in [0, 0.05) is 11.9 Å². The highest BCUT2D eigenvalue weighted by Crippen LogP contribution is 2.35. The summed E-state index contributed by atoms with van der Waals surface area (Å²) < 4.78 is 44.3. The highest BCUT2D eigenvalue weighted by molar-refractivity contribution is 7.90. The van der Waals surface area contributed by atoms with E-state index in [0.29, 0.717) is 18.0 Å². The predicted octanol–water partition coefficient (Wildman–Crippen LogP) is 3.01. The van der Waals surface area contributed by atoms with E-state index in [1.807, 2.05) is 0 Å². The van der Waals surface area contributed by atoms with Crippen molar-refractivity contribution in [2.75, 3.05) is 5.32 Å². The number of nitrogens with one attached hydrogen (secondary N) is 1. The van der Waals surface area contributed by atoms with Crippen molar-refractivity contribution in [3.63, 3.8) is 0 Å². The molecule has 7 nitrogen and oxygen atoms in total. The average Bonchev–Trinajstić information content (AvgIpc) is 3.52. The van der Waals surface area contributed by atoms with Crippen LogP contribution in [-0.2, 0) is 16.6 Å². The number of nitrogens with zero attached hydrogens (tertiary/aromatic N) is 2. The van der Waals surface area contributed by atoms with E-state index in [9.17, 15) is 22.7 Å². The maximum Gasteiger partial charge on any atom is 0.286 e. The number of aromatic hydroxyl groups is 1. The average molecular weight is 426 g/mol. The van der Waals surface area contributed by atoms with Gasteiger partial charge in [-0.3, -0.25) is 4.79 Å². The second-order valence-corrected chi connectivity index (χ2v) is 9.11. The molecule has 1 aromatic heterocycles. The fourth-order valence-electron chi connectivity index (χ4n) is 3.73. The van der Waals surface area contributed by atoms with Crippen molar-refractivity contribution in [1.29, 1.82) is 0 Å². The quantitative estimate of drug-likeness (QED) is 0.668. The van der Waals surface area contributed by atoms with Crippen LogP contribution in [0.1, 0.15) is 24.8 Å². The standard InChI is InChI=1S/C21H17FN3O4S/c22-13-7-8-16-14(11-13)19(26)18(21(27)25(16)10-9-12-5-6-12)20-23-15-3-1-2-4-17(15)30(28,29)24-20/h1,3-4,7-8,11-12,26H,5-6,9-10H2,(H,23,24). The van der Waals surface area contributed by atoms with Crippen LogP contribution in [0.2, 0.25) is 0 Å². The SMILES string of the molecule is O=c1c(C2=NS(=O)(=O)c3c[c]ccc3N2)c(O)c2cc(F)ccc2n1CCC1CC1. The lowest BCUT2D eigenvalue weighted by Crippen LogP contribution is -2.32. The molecular formula is C21H17FN3O4S. The van der Waals surface area contributed by atoms with Crippen LogP contribution >= 0.6 is 0 Å². The molecule has 1 saturated carbocycles. The molecule has 0 amide bonds. The van der Waals surface area contributed by atoms with Gasteiger partial charge in [-0.15, -0.1) is 4.40 Å². The number of sulfonamides is 1. The highest BCUT2D eigenvalue weighted by atomic mass is 32.2. The number of pyridine rings is 1. The van der Waals surface area contributed by atoms with Crippen molar-refractivity contribution in [3.8, 4) is 5.75 Å². The highest BCUT2D eigenvalue weighted by Gasteiger charge is 2.30. The first-order valence-corrected chi connectivity index (χ1v) is 11.0. The number of rotatable bonds is 4. The summed E-state index contributed by atoms with van der Waals surface area (Å²) in [6.45, 7) is 0.379. The molecule has 0 atom stereocenters. The van der Waals surface area contributed by atoms with Gasteiger partial charge in [-0.1, -0.05) is 18.9 Å². The lowest BCUT2D eigenvalue weighted by atomic mass is 10.1. The molecule has 1 fully saturated rings. The molecular weight excluding hydrogens is 409 g/mol. The summed E-state index contributed by atoms with van der Waals surface area (Å²) in [6, 6.07) is 10.8. The summed E-state index contributed by atoms with van der Waals surface area (Å²) in [6.07, 6.45) is 2.98. The first-order chi connectivity index (χ1) is 14.3. The largest absolute Gasteiger partial charge is 0.506 e. The van der Waals surface area contributed by atoms with Crippen LogP contribution in [0.15, 0.2) is 50.5 Å². The molecule has 3 aromatic rings. The summed E-state index contributed by atoms with van der Waals surface area (Å²) in [5, 5.41) is 13.8. The molecule has 9 heteroatoms. The van der Waals surface area contributed by atoms with Crippen molar-refractivity contribution in [1.82, 2.24) is 4.57 Å². The molecule has 0 saturated heterocycles. The van der Waals surface area contributed by atoms with Crippen molar-refractivity contribution >= 4 is 32.4 Å². The van der Waals surface area contributed by atoms with Gasteiger partial charge in [0.05, 0.1) is 11.2 Å². The van der Waals surface area contributed by atoms with Crippen molar-refractivity contribution < 1.29 is 17.9 Å². The second kappa shape index (κ2) is 6.66. The second-order valence-electron chi connectivity index (χ2n) is 7.54. The molecule has 1 radical (unpaired) electrons. The Morgan fingerprint density at radius 2 is 2.10 bits per heavy atom. The van der Waals surface area contributed by atoms with Gasteiger partial charge in [-0.05, 0) is 48.7 Å². The lowest BCUT2D eigenvalue weighted by molar-refractivity contribution is 0.476. The molecule has 2 aromatic carbocycles. The molecule has 1 aliphatic heterocycles. The Labute approximate surface area is 171 Å². The van der Waals surface area contributed by atoms with E-state index >= 15 is 0 Å². The maximum atomic E-state index is 13.9. The summed E-state index contributed by atoms with van der Waals surface area (Å²) in [5.74, 6) is -0.839. The predicted molar refractivity (Wildman–Crippen MR) is 110 cm³/mol. The van der Waals surface area contributed by atoms with Crippen molar-refractivity contribution in [2.24, 2.45) is 10.3 Å². The molecule has 0 bridgehead atoms. The monoisotopic (exact) mass is 426 g/mol. The van der Waals surface area contributed by atoms with Gasteiger partial charge in [0.2, 0.25) is 0 Å². The third-order valence-corrected chi connectivity index (χ3v) is 6.78. The van der Waals surface area contributed by atoms with Crippen LogP contribution in [0.3, 0.4) is 0 Å². The van der Waals surface area contributed by atoms with Crippen LogP contribution in [0.4, 0.5) is 10.1 Å². The zero-order valence-corrected chi connectivity index (χ0v) is 16.5. The number of anilines is 1. The topological polar surface area (TPSA) is 101 Å². The van der Waals surface area contributed by atoms with E-state index in [-0.39, 0.29) is 27.4 Å². The van der Waals surface area contributed by atoms with E-state index < -0.39 is 27.1 Å². The molecule has 2 heterocycles. The van der Waals surface area contributed by atoms with Gasteiger partial charge >= 0.3 is 0 Å². The summed E-state index contributed by atoms with van der Waals surface area (Å²) >= 11 is 0. The molecule has 1 aliphatic carbocycles. The van der Waals surface area contributed by atoms with Crippen LogP contribution < -0.4 is 10.9 Å². The van der Waals surface area contributed by atoms with Gasteiger partial charge < -0.3 is 15.0 Å². The lowest BCUT2D eigenvalue weighted by Gasteiger charge is -2.20. The van der Waals surface area contributed by atoms with Gasteiger partial charge in [-0.2, -0.15) is 8.42 Å². The van der Waals surface area contributed by atoms with E-state index in [1.54, 1.807) is 0 Å². The first-order valence-electron chi connectivity index (χ1n) is 9.52. The summed E-state index contributed by atoms with van der Waals surface area (Å²) in [7, 11) is -4.10. The van der Waals surface area contributed by atoms with Crippen LogP contribution in [-0.4, -0.2) is 23.9 Å². The maximum absolute atomic E-state index is 13.9. The third-order valence-electron chi connectivity index (χ3n) is 5.46. The molecule has 0 unspecified atom stereocenters. The van der Waals surface area contributed by atoms with Crippen LogP contribution in [0.25, 0.3) is 10.9 Å². The molecule has 2 aliphatic rings. The smallest absolute Gasteiger partial charge is 0.286 e. The van der Waals surface area contributed by atoms with Crippen molar-refractivity contribution in [3.05, 3.63) is 64.2 Å². The first kappa shape index (κ1) is 18.8. The number of hydrogen-bond donors (Lipinski definition) is 2. The molecule has 0 spiro atoms. The van der Waals surface area contributed by atoms with E-state index in [1.165, 1.54) is 34.9 Å². The van der Waals surface area contributed by atoms with Crippen molar-refractivity contribution in [2.45, 2.75) is 30.7 Å². The minimum Gasteiger partial charge on any atom is -0.506 e. The zero-order valence-electron chi connectivity index (χ0n) is 15.7. The Morgan fingerprint density at radius 3 is 2.87 bits per heavy atom. The number of halogens is 1. The summed E-state index contributed by atoms with van der Waals surface area (Å²) in [5.41, 5.74) is -0.274. The van der Waals surface area contributed by atoms with Gasteiger partial charge in [0.1, 0.15) is 22.0 Å². The summed E-state index contributed by atoms with van der Waals surface area (Å²) in [4.78, 5) is 13.3. The fraction of sp³-hybridized carbons (Fsp3) is 0.238. The fourth-order valence-corrected chi connectivity index (χ4v) is 4.82. The Morgan fingerprint density at radius 1 is 1.30 bits per heavy atom. The Kier molecular flexibility index (Phi) is 4.18. The van der Waals surface area contributed by atoms with Gasteiger partial charge in [0.15, 0.2) is 5.84 Å². The zero-order chi connectivity index (χ0) is 21.0. The molecule has 153 valence electrons. The number of aryl methyl sites for hydroxylation is 1. The molecule has 2 N–H and O–H groups in total. The minimum absolute atomic E-state index is 0.0749. The number of fused-ring (bicyclic) bond motifs is 2. The van der Waals surface area contributed by atoms with Gasteiger partial charge in [0.25, 0.3) is 15.6 Å². The van der Waals surface area contributed by atoms with E-state index in [0.717, 1.165) is 25.3 Å². The Bertz CT molecular complexity index is 1390. The number of aromatic nitrogens is 1. The van der Waals surface area contributed by atoms with E-state index in [4.69, 9.17) is 0 Å². The molecule has 5 rings (SSSR count). The van der Waals surface area contributed by atoms with Crippen LogP contribution in [0, 0.1) is 17.8 Å². The van der Waals surface area contributed by atoms with E-state index in [2.05, 4.69) is 15.8 Å². The number of benzene rings is 2. The number of hydrogen-bond acceptors (Lipinski definition) is 5. The molecule has 30 heavy (non-hydrogen) atoms. The number of amidine groups is 1. The van der Waals surface area contributed by atoms with Gasteiger partial charge in [-0.25, -0.2) is 4.39 Å².